The Morgan fingerprint density at radius 3 is 2.82 bits per heavy atom. The van der Waals surface area contributed by atoms with Crippen LogP contribution in [0.2, 0.25) is 0 Å². The van der Waals surface area contributed by atoms with Crippen LogP contribution in [-0.2, 0) is 6.54 Å². The average Bonchev–Trinajstić information content (AvgIpc) is 2.38. The van der Waals surface area contributed by atoms with E-state index in [2.05, 4.69) is 35.2 Å². The maximum Gasteiger partial charge on any atom is 0.0431 e. The average molecular weight is 233 g/mol. The van der Waals surface area contributed by atoms with E-state index >= 15 is 0 Å². The number of hydrogen-bond donors (Lipinski definition) is 1. The zero-order valence-corrected chi connectivity index (χ0v) is 10.5. The van der Waals surface area contributed by atoms with Crippen molar-refractivity contribution in [3.05, 3.63) is 35.9 Å². The van der Waals surface area contributed by atoms with E-state index in [9.17, 15) is 0 Å². The molecular formula is C15H23NO. The molecule has 1 fully saturated rings. The van der Waals surface area contributed by atoms with Gasteiger partial charge in [-0.15, -0.1) is 0 Å². The van der Waals surface area contributed by atoms with E-state index in [1.54, 1.807) is 0 Å². The molecule has 0 aromatic heterocycles. The molecule has 1 atom stereocenters. The van der Waals surface area contributed by atoms with E-state index in [1.807, 2.05) is 0 Å². The Kier molecular flexibility index (Phi) is 5.02. The van der Waals surface area contributed by atoms with Crippen LogP contribution >= 0.6 is 0 Å². The summed E-state index contributed by atoms with van der Waals surface area (Å²) in [4.78, 5) is 2.56. The predicted molar refractivity (Wildman–Crippen MR) is 70.8 cm³/mol. The Labute approximate surface area is 104 Å². The van der Waals surface area contributed by atoms with E-state index in [-0.39, 0.29) is 0 Å². The summed E-state index contributed by atoms with van der Waals surface area (Å²) in [5, 5.41) is 8.88. The van der Waals surface area contributed by atoms with Gasteiger partial charge in [-0.05, 0) is 43.7 Å². The molecule has 17 heavy (non-hydrogen) atoms. The van der Waals surface area contributed by atoms with Crippen molar-refractivity contribution in [2.75, 3.05) is 19.7 Å². The van der Waals surface area contributed by atoms with Gasteiger partial charge in [0.15, 0.2) is 0 Å². The van der Waals surface area contributed by atoms with Crippen molar-refractivity contribution in [2.24, 2.45) is 5.92 Å². The van der Waals surface area contributed by atoms with Crippen molar-refractivity contribution in [3.63, 3.8) is 0 Å². The summed E-state index contributed by atoms with van der Waals surface area (Å²) in [5.41, 5.74) is 1.41. The van der Waals surface area contributed by atoms with Gasteiger partial charge in [0.25, 0.3) is 0 Å². The summed E-state index contributed by atoms with van der Waals surface area (Å²) >= 11 is 0. The lowest BCUT2D eigenvalue weighted by Gasteiger charge is -2.32. The first-order valence-electron chi connectivity index (χ1n) is 6.75. The third-order valence-electron chi connectivity index (χ3n) is 3.62. The topological polar surface area (TPSA) is 23.5 Å². The zero-order valence-electron chi connectivity index (χ0n) is 10.5. The molecule has 2 nitrogen and oxygen atoms in total. The minimum Gasteiger partial charge on any atom is -0.396 e. The second kappa shape index (κ2) is 6.77. The SMILES string of the molecule is OCCCC1CCCN(Cc2ccccc2)C1. The van der Waals surface area contributed by atoms with Crippen LogP contribution in [0.25, 0.3) is 0 Å². The van der Waals surface area contributed by atoms with Gasteiger partial charge in [0.2, 0.25) is 0 Å². The van der Waals surface area contributed by atoms with Crippen LogP contribution in [0.5, 0.6) is 0 Å². The van der Waals surface area contributed by atoms with Crippen LogP contribution in [0.3, 0.4) is 0 Å². The molecular weight excluding hydrogens is 210 g/mol. The monoisotopic (exact) mass is 233 g/mol. The van der Waals surface area contributed by atoms with Crippen molar-refractivity contribution >= 4 is 0 Å². The summed E-state index contributed by atoms with van der Waals surface area (Å²) in [6.07, 6.45) is 4.79. The van der Waals surface area contributed by atoms with E-state index in [0.29, 0.717) is 6.61 Å². The fourth-order valence-corrected chi connectivity index (χ4v) is 2.75. The molecule has 2 rings (SSSR count). The molecule has 1 unspecified atom stereocenters. The van der Waals surface area contributed by atoms with Crippen molar-refractivity contribution in [2.45, 2.75) is 32.2 Å². The number of aliphatic hydroxyl groups excluding tert-OH is 1. The van der Waals surface area contributed by atoms with Crippen molar-refractivity contribution < 1.29 is 5.11 Å². The van der Waals surface area contributed by atoms with Gasteiger partial charge < -0.3 is 5.11 Å². The Balaban J connectivity index is 1.81. The Hall–Kier alpha value is -0.860. The van der Waals surface area contributed by atoms with Gasteiger partial charge in [-0.3, -0.25) is 4.90 Å². The normalized spacial score (nSPS) is 21.6. The number of nitrogens with zero attached hydrogens (tertiary/aromatic N) is 1. The highest BCUT2D eigenvalue weighted by Gasteiger charge is 2.19. The number of rotatable bonds is 5. The van der Waals surface area contributed by atoms with Gasteiger partial charge in [0.05, 0.1) is 0 Å². The first-order valence-corrected chi connectivity index (χ1v) is 6.75. The summed E-state index contributed by atoms with van der Waals surface area (Å²) in [6.45, 7) is 3.85. The maximum atomic E-state index is 8.88. The second-order valence-electron chi connectivity index (χ2n) is 5.09. The van der Waals surface area contributed by atoms with Crippen molar-refractivity contribution in [1.29, 1.82) is 0 Å². The Morgan fingerprint density at radius 2 is 2.06 bits per heavy atom. The molecule has 0 amide bonds. The number of hydrogen-bond acceptors (Lipinski definition) is 2. The Bertz CT molecular complexity index is 312. The van der Waals surface area contributed by atoms with E-state index in [1.165, 1.54) is 37.9 Å². The van der Waals surface area contributed by atoms with Gasteiger partial charge >= 0.3 is 0 Å². The van der Waals surface area contributed by atoms with E-state index in [0.717, 1.165) is 18.9 Å². The smallest absolute Gasteiger partial charge is 0.0431 e. The number of benzene rings is 1. The minimum atomic E-state index is 0.342. The third kappa shape index (κ3) is 4.14. The predicted octanol–water partition coefficient (Wildman–Crippen LogP) is 2.67. The fourth-order valence-electron chi connectivity index (χ4n) is 2.75. The molecule has 94 valence electrons. The molecule has 1 aromatic rings. The Morgan fingerprint density at radius 1 is 1.24 bits per heavy atom. The lowest BCUT2D eigenvalue weighted by molar-refractivity contribution is 0.153. The molecule has 0 saturated carbocycles. The van der Waals surface area contributed by atoms with Crippen LogP contribution in [0.1, 0.15) is 31.2 Å². The van der Waals surface area contributed by atoms with E-state index < -0.39 is 0 Å². The highest BCUT2D eigenvalue weighted by molar-refractivity contribution is 5.14. The van der Waals surface area contributed by atoms with Gasteiger partial charge in [0, 0.05) is 19.7 Å². The number of piperidine rings is 1. The molecule has 0 aliphatic carbocycles. The largest absolute Gasteiger partial charge is 0.396 e. The highest BCUT2D eigenvalue weighted by Crippen LogP contribution is 2.22. The van der Waals surface area contributed by atoms with Gasteiger partial charge in [-0.2, -0.15) is 0 Å². The summed E-state index contributed by atoms with van der Waals surface area (Å²) in [5.74, 6) is 0.791. The first kappa shape index (κ1) is 12.6. The van der Waals surface area contributed by atoms with Crippen LogP contribution in [-0.4, -0.2) is 29.7 Å². The van der Waals surface area contributed by atoms with Crippen molar-refractivity contribution in [3.8, 4) is 0 Å². The van der Waals surface area contributed by atoms with Crippen molar-refractivity contribution in [1.82, 2.24) is 4.90 Å². The lowest BCUT2D eigenvalue weighted by atomic mass is 9.93. The molecule has 0 bridgehead atoms. The van der Waals surface area contributed by atoms with Crippen LogP contribution < -0.4 is 0 Å². The summed E-state index contributed by atoms with van der Waals surface area (Å²) in [7, 11) is 0. The molecule has 0 radical (unpaired) electrons. The maximum absolute atomic E-state index is 8.88. The number of aliphatic hydroxyl groups is 1. The van der Waals surface area contributed by atoms with Crippen LogP contribution in [0, 0.1) is 5.92 Å². The van der Waals surface area contributed by atoms with E-state index in [4.69, 9.17) is 5.11 Å². The summed E-state index contributed by atoms with van der Waals surface area (Å²) < 4.78 is 0. The van der Waals surface area contributed by atoms with Crippen LogP contribution in [0.4, 0.5) is 0 Å². The molecule has 1 saturated heterocycles. The standard InChI is InChI=1S/C15H23NO/c17-11-5-9-15-8-4-10-16(13-15)12-14-6-2-1-3-7-14/h1-3,6-7,15,17H,4-5,8-13H2. The summed E-state index contributed by atoms with van der Waals surface area (Å²) in [6, 6.07) is 10.7. The van der Waals surface area contributed by atoms with Crippen LogP contribution in [0.15, 0.2) is 30.3 Å². The zero-order chi connectivity index (χ0) is 11.9. The molecule has 1 aliphatic rings. The molecule has 1 N–H and O–H groups in total. The molecule has 1 aliphatic heterocycles. The second-order valence-corrected chi connectivity index (χ2v) is 5.09. The van der Waals surface area contributed by atoms with Gasteiger partial charge in [0.1, 0.15) is 0 Å². The van der Waals surface area contributed by atoms with Gasteiger partial charge in [-0.1, -0.05) is 30.3 Å². The van der Waals surface area contributed by atoms with Gasteiger partial charge in [-0.25, -0.2) is 0 Å². The molecule has 2 heteroatoms. The fraction of sp³-hybridized carbons (Fsp3) is 0.600. The highest BCUT2D eigenvalue weighted by atomic mass is 16.2. The lowest BCUT2D eigenvalue weighted by Crippen LogP contribution is -2.34. The minimum absolute atomic E-state index is 0.342. The first-order chi connectivity index (χ1) is 8.38. The third-order valence-corrected chi connectivity index (χ3v) is 3.62. The molecule has 1 aromatic carbocycles. The number of likely N-dealkylation sites (tertiary alicyclic amines) is 1. The molecule has 0 spiro atoms. The quantitative estimate of drug-likeness (QED) is 0.845. The molecule has 1 heterocycles.